The predicted molar refractivity (Wildman–Crippen MR) is 76.2 cm³/mol. The number of hydrogen-bond donors (Lipinski definition) is 2. The van der Waals surface area contributed by atoms with E-state index in [0.29, 0.717) is 17.7 Å². The van der Waals surface area contributed by atoms with E-state index >= 15 is 0 Å². The molecular formula is C15H18N4. The summed E-state index contributed by atoms with van der Waals surface area (Å²) in [4.78, 5) is 4.73. The highest BCUT2D eigenvalue weighted by atomic mass is 15.4. The van der Waals surface area contributed by atoms with Crippen molar-refractivity contribution in [3.63, 3.8) is 0 Å². The van der Waals surface area contributed by atoms with Gasteiger partial charge < -0.3 is 11.6 Å². The Kier molecular flexibility index (Phi) is 2.16. The summed E-state index contributed by atoms with van der Waals surface area (Å²) in [6.07, 6.45) is 4.90. The Balaban J connectivity index is 1.86. The zero-order valence-electron chi connectivity index (χ0n) is 10.8. The second-order valence-electron chi connectivity index (χ2n) is 5.71. The molecule has 4 rings (SSSR count). The van der Waals surface area contributed by atoms with Gasteiger partial charge in [0, 0.05) is 11.5 Å². The van der Waals surface area contributed by atoms with Gasteiger partial charge in [0.15, 0.2) is 5.82 Å². The minimum atomic E-state index is 0.508. The van der Waals surface area contributed by atoms with E-state index in [9.17, 15) is 0 Å². The molecule has 2 aliphatic carbocycles. The van der Waals surface area contributed by atoms with Gasteiger partial charge in [0.2, 0.25) is 0 Å². The Labute approximate surface area is 112 Å². The van der Waals surface area contributed by atoms with Crippen molar-refractivity contribution in [3.8, 4) is 11.3 Å². The van der Waals surface area contributed by atoms with E-state index in [2.05, 4.69) is 18.2 Å². The standard InChI is InChI=1S/C15H18N4/c16-14-13(18-15(19(14)17)10-7-8-10)12-4-2-1-3-11(12)9-5-6-9/h1-4,9-10H,5-8,16-17H2. The van der Waals surface area contributed by atoms with Crippen molar-refractivity contribution < 1.29 is 0 Å². The number of hydrogen-bond acceptors (Lipinski definition) is 3. The van der Waals surface area contributed by atoms with Gasteiger partial charge in [0.1, 0.15) is 11.5 Å². The van der Waals surface area contributed by atoms with Crippen molar-refractivity contribution in [2.45, 2.75) is 37.5 Å². The Morgan fingerprint density at radius 2 is 1.74 bits per heavy atom. The first kappa shape index (κ1) is 10.9. The van der Waals surface area contributed by atoms with Gasteiger partial charge in [0.05, 0.1) is 0 Å². The fourth-order valence-electron chi connectivity index (χ4n) is 2.75. The molecule has 0 amide bonds. The molecule has 0 aliphatic heterocycles. The van der Waals surface area contributed by atoms with Crippen molar-refractivity contribution in [2.75, 3.05) is 11.6 Å². The number of benzene rings is 1. The van der Waals surface area contributed by atoms with E-state index in [-0.39, 0.29) is 0 Å². The maximum Gasteiger partial charge on any atom is 0.150 e. The summed E-state index contributed by atoms with van der Waals surface area (Å²) in [5.41, 5.74) is 9.56. The molecular weight excluding hydrogens is 236 g/mol. The molecule has 0 radical (unpaired) electrons. The molecule has 1 aromatic heterocycles. The SMILES string of the molecule is Nc1c(-c2ccccc2C2CC2)nc(C2CC2)n1N. The van der Waals surface area contributed by atoms with Crippen LogP contribution in [0, 0.1) is 0 Å². The molecule has 19 heavy (non-hydrogen) atoms. The third kappa shape index (κ3) is 1.70. The van der Waals surface area contributed by atoms with Crippen LogP contribution in [0.4, 0.5) is 5.82 Å². The highest BCUT2D eigenvalue weighted by Crippen LogP contribution is 2.46. The molecule has 1 aromatic carbocycles. The average molecular weight is 254 g/mol. The van der Waals surface area contributed by atoms with Crippen LogP contribution in [0.2, 0.25) is 0 Å². The first-order chi connectivity index (χ1) is 9.25. The molecule has 2 aromatic rings. The number of anilines is 1. The summed E-state index contributed by atoms with van der Waals surface area (Å²) in [6.45, 7) is 0. The second kappa shape index (κ2) is 3.76. The minimum Gasteiger partial charge on any atom is -0.382 e. The van der Waals surface area contributed by atoms with Crippen LogP contribution in [-0.2, 0) is 0 Å². The van der Waals surface area contributed by atoms with Gasteiger partial charge in [0.25, 0.3) is 0 Å². The molecule has 0 saturated heterocycles. The number of nitrogens with two attached hydrogens (primary N) is 2. The summed E-state index contributed by atoms with van der Waals surface area (Å²) in [5, 5.41) is 0. The lowest BCUT2D eigenvalue weighted by atomic mass is 10.0. The van der Waals surface area contributed by atoms with Crippen molar-refractivity contribution >= 4 is 5.82 Å². The molecule has 98 valence electrons. The first-order valence-corrected chi connectivity index (χ1v) is 6.98. The van der Waals surface area contributed by atoms with E-state index in [1.807, 2.05) is 6.07 Å². The van der Waals surface area contributed by atoms with Crippen LogP contribution in [0.15, 0.2) is 24.3 Å². The van der Waals surface area contributed by atoms with Crippen molar-refractivity contribution in [1.29, 1.82) is 0 Å². The second-order valence-corrected chi connectivity index (χ2v) is 5.71. The van der Waals surface area contributed by atoms with Crippen LogP contribution < -0.4 is 11.6 Å². The minimum absolute atomic E-state index is 0.508. The summed E-state index contributed by atoms with van der Waals surface area (Å²) >= 11 is 0. The Hall–Kier alpha value is -1.97. The Bertz CT molecular complexity index is 636. The lowest BCUT2D eigenvalue weighted by Gasteiger charge is -2.06. The van der Waals surface area contributed by atoms with Gasteiger partial charge in [-0.1, -0.05) is 24.3 Å². The van der Waals surface area contributed by atoms with Gasteiger partial charge >= 0.3 is 0 Å². The van der Waals surface area contributed by atoms with Gasteiger partial charge in [-0.15, -0.1) is 0 Å². The quantitative estimate of drug-likeness (QED) is 0.827. The normalized spacial score (nSPS) is 18.7. The summed E-state index contributed by atoms with van der Waals surface area (Å²) < 4.78 is 1.58. The van der Waals surface area contributed by atoms with E-state index in [1.165, 1.54) is 31.2 Å². The van der Waals surface area contributed by atoms with E-state index in [1.54, 1.807) is 4.68 Å². The zero-order valence-corrected chi connectivity index (χ0v) is 10.8. The van der Waals surface area contributed by atoms with E-state index in [4.69, 9.17) is 16.6 Å². The maximum absolute atomic E-state index is 6.17. The third-order valence-corrected chi connectivity index (χ3v) is 4.15. The molecule has 0 unspecified atom stereocenters. The number of nitrogens with zero attached hydrogens (tertiary/aromatic N) is 2. The fourth-order valence-corrected chi connectivity index (χ4v) is 2.75. The molecule has 2 saturated carbocycles. The van der Waals surface area contributed by atoms with Crippen molar-refractivity contribution in [3.05, 3.63) is 35.7 Å². The van der Waals surface area contributed by atoms with Crippen LogP contribution in [0.3, 0.4) is 0 Å². The monoisotopic (exact) mass is 254 g/mol. The van der Waals surface area contributed by atoms with E-state index in [0.717, 1.165) is 17.1 Å². The number of rotatable bonds is 3. The van der Waals surface area contributed by atoms with Gasteiger partial charge in [-0.3, -0.25) is 0 Å². The third-order valence-electron chi connectivity index (χ3n) is 4.15. The summed E-state index contributed by atoms with van der Waals surface area (Å²) in [6, 6.07) is 8.45. The van der Waals surface area contributed by atoms with Gasteiger partial charge in [-0.25, -0.2) is 9.66 Å². The summed E-state index contributed by atoms with van der Waals surface area (Å²) in [5.74, 6) is 8.78. The van der Waals surface area contributed by atoms with Crippen LogP contribution in [0.1, 0.15) is 48.9 Å². The molecule has 0 bridgehead atoms. The molecule has 2 aliphatic rings. The fraction of sp³-hybridized carbons (Fsp3) is 0.400. The lowest BCUT2D eigenvalue weighted by Crippen LogP contribution is -2.14. The van der Waals surface area contributed by atoms with Crippen molar-refractivity contribution in [2.24, 2.45) is 0 Å². The first-order valence-electron chi connectivity index (χ1n) is 6.98. The topological polar surface area (TPSA) is 69.9 Å². The van der Waals surface area contributed by atoms with Gasteiger partial charge in [-0.05, 0) is 37.2 Å². The smallest absolute Gasteiger partial charge is 0.150 e. The highest BCUT2D eigenvalue weighted by molar-refractivity contribution is 5.75. The molecule has 4 N–H and O–H groups in total. The number of imidazole rings is 1. The predicted octanol–water partition coefficient (Wildman–Crippen LogP) is 2.60. The van der Waals surface area contributed by atoms with Gasteiger partial charge in [-0.2, -0.15) is 0 Å². The van der Waals surface area contributed by atoms with Crippen LogP contribution in [0.5, 0.6) is 0 Å². The Morgan fingerprint density at radius 1 is 1.05 bits per heavy atom. The molecule has 4 heteroatoms. The molecule has 4 nitrogen and oxygen atoms in total. The molecule has 2 fully saturated rings. The van der Waals surface area contributed by atoms with Crippen LogP contribution in [0.25, 0.3) is 11.3 Å². The molecule has 0 atom stereocenters. The Morgan fingerprint density at radius 3 is 2.42 bits per heavy atom. The van der Waals surface area contributed by atoms with Crippen molar-refractivity contribution in [1.82, 2.24) is 9.66 Å². The molecule has 1 heterocycles. The highest BCUT2D eigenvalue weighted by Gasteiger charge is 2.32. The lowest BCUT2D eigenvalue weighted by molar-refractivity contribution is 0.855. The number of aromatic nitrogens is 2. The van der Waals surface area contributed by atoms with Crippen LogP contribution >= 0.6 is 0 Å². The maximum atomic E-state index is 6.17. The van der Waals surface area contributed by atoms with Crippen LogP contribution in [-0.4, -0.2) is 9.66 Å². The largest absolute Gasteiger partial charge is 0.382 e. The summed E-state index contributed by atoms with van der Waals surface area (Å²) in [7, 11) is 0. The van der Waals surface area contributed by atoms with E-state index < -0.39 is 0 Å². The average Bonchev–Trinajstić information content (AvgIpc) is 3.31. The molecule has 0 spiro atoms. The zero-order chi connectivity index (χ0) is 13.0. The number of nitrogen functional groups attached to an aromatic ring is 2.